The molecule has 2 heterocycles. The van der Waals surface area contributed by atoms with Gasteiger partial charge in [-0.1, -0.05) is 41.9 Å². The molecule has 0 aliphatic rings. The van der Waals surface area contributed by atoms with Crippen molar-refractivity contribution in [1.82, 2.24) is 19.9 Å². The summed E-state index contributed by atoms with van der Waals surface area (Å²) in [6.45, 7) is -0.260. The number of nitrogens with zero attached hydrogens (tertiary/aromatic N) is 3. The predicted molar refractivity (Wildman–Crippen MR) is 109 cm³/mol. The summed E-state index contributed by atoms with van der Waals surface area (Å²) in [5, 5.41) is 3.74. The maximum atomic E-state index is 13.2. The van der Waals surface area contributed by atoms with Gasteiger partial charge in [-0.05, 0) is 48.8 Å². The van der Waals surface area contributed by atoms with Crippen molar-refractivity contribution < 1.29 is 13.2 Å². The maximum Gasteiger partial charge on any atom is 0.406 e. The van der Waals surface area contributed by atoms with Crippen LogP contribution in [0.4, 0.5) is 13.2 Å². The normalized spacial score (nSPS) is 12.2. The van der Waals surface area contributed by atoms with E-state index >= 15 is 0 Å². The van der Waals surface area contributed by atoms with Crippen molar-refractivity contribution in [1.29, 1.82) is 0 Å². The number of aromatic nitrogens is 3. The highest BCUT2D eigenvalue weighted by Crippen LogP contribution is 2.35. The highest BCUT2D eigenvalue weighted by Gasteiger charge is 2.30. The molecule has 4 rings (SSSR count). The number of alkyl halides is 3. The molecule has 0 atom stereocenters. The zero-order chi connectivity index (χ0) is 20.6. The standard InChI is InChI=1S/C21H18ClF3N4/c1-26-9-8-13-2-4-14(5-3-13)15-6-7-17-16(10-15)18-19(20(22)28-12-27-18)29(17)11-21(23,24)25/h2-7,10,12,26H,8-9,11H2,1H3. The first-order valence-corrected chi connectivity index (χ1v) is 9.48. The largest absolute Gasteiger partial charge is 0.406 e. The molecule has 0 amide bonds. The minimum absolute atomic E-state index is 0.00545. The smallest absolute Gasteiger partial charge is 0.327 e. The summed E-state index contributed by atoms with van der Waals surface area (Å²) in [6.07, 6.45) is -2.19. The SMILES string of the molecule is CNCCc1ccc(-c2ccc3c(c2)c2ncnc(Cl)c2n3CC(F)(F)F)cc1. The lowest BCUT2D eigenvalue weighted by Gasteiger charge is -2.11. The molecule has 0 aliphatic carbocycles. The molecule has 150 valence electrons. The first-order valence-electron chi connectivity index (χ1n) is 9.10. The van der Waals surface area contributed by atoms with E-state index < -0.39 is 12.7 Å². The van der Waals surface area contributed by atoms with Crippen LogP contribution < -0.4 is 5.32 Å². The summed E-state index contributed by atoms with van der Waals surface area (Å²) >= 11 is 6.13. The van der Waals surface area contributed by atoms with Crippen LogP contribution in [0.1, 0.15) is 5.56 Å². The molecular weight excluding hydrogens is 401 g/mol. The van der Waals surface area contributed by atoms with E-state index in [2.05, 4.69) is 27.4 Å². The summed E-state index contributed by atoms with van der Waals surface area (Å²) in [6, 6.07) is 13.5. The van der Waals surface area contributed by atoms with Crippen LogP contribution in [0.25, 0.3) is 33.1 Å². The fourth-order valence-corrected chi connectivity index (χ4v) is 3.77. The van der Waals surface area contributed by atoms with E-state index in [1.165, 1.54) is 11.9 Å². The lowest BCUT2D eigenvalue weighted by atomic mass is 10.0. The topological polar surface area (TPSA) is 42.7 Å². The first kappa shape index (κ1) is 19.7. The molecule has 0 bridgehead atoms. The Morgan fingerprint density at radius 2 is 1.76 bits per heavy atom. The Balaban J connectivity index is 1.84. The minimum atomic E-state index is -4.39. The second-order valence-corrected chi connectivity index (χ2v) is 7.20. The van der Waals surface area contributed by atoms with E-state index in [-0.39, 0.29) is 10.7 Å². The molecule has 0 unspecified atom stereocenters. The molecule has 8 heteroatoms. The van der Waals surface area contributed by atoms with E-state index in [0.717, 1.165) is 28.7 Å². The number of likely N-dealkylation sites (N-methyl/N-ethyl adjacent to an activating group) is 1. The Morgan fingerprint density at radius 3 is 2.45 bits per heavy atom. The van der Waals surface area contributed by atoms with Crippen molar-refractivity contribution in [3.05, 3.63) is 59.5 Å². The molecule has 4 nitrogen and oxygen atoms in total. The van der Waals surface area contributed by atoms with Gasteiger partial charge in [0.1, 0.15) is 23.9 Å². The van der Waals surface area contributed by atoms with Gasteiger partial charge in [-0.3, -0.25) is 0 Å². The fourth-order valence-electron chi connectivity index (χ4n) is 3.53. The third-order valence-corrected chi connectivity index (χ3v) is 5.15. The molecule has 0 saturated carbocycles. The van der Waals surface area contributed by atoms with Crippen molar-refractivity contribution in [2.75, 3.05) is 13.6 Å². The first-order chi connectivity index (χ1) is 13.9. The van der Waals surface area contributed by atoms with Crippen LogP contribution in [0, 0.1) is 0 Å². The number of benzene rings is 2. The molecule has 0 aliphatic heterocycles. The van der Waals surface area contributed by atoms with E-state index in [1.807, 2.05) is 31.3 Å². The average molecular weight is 419 g/mol. The quantitative estimate of drug-likeness (QED) is 0.451. The zero-order valence-corrected chi connectivity index (χ0v) is 16.3. The van der Waals surface area contributed by atoms with Crippen molar-refractivity contribution in [3.8, 4) is 11.1 Å². The van der Waals surface area contributed by atoms with Crippen LogP contribution in [0.3, 0.4) is 0 Å². The second-order valence-electron chi connectivity index (χ2n) is 6.85. The number of halogens is 4. The van der Waals surface area contributed by atoms with Gasteiger partial charge >= 0.3 is 6.18 Å². The summed E-state index contributed by atoms with van der Waals surface area (Å²) in [5.74, 6) is 0. The van der Waals surface area contributed by atoms with Gasteiger partial charge in [0.15, 0.2) is 5.15 Å². The van der Waals surface area contributed by atoms with Crippen LogP contribution in [0.15, 0.2) is 48.8 Å². The van der Waals surface area contributed by atoms with Gasteiger partial charge in [-0.25, -0.2) is 9.97 Å². The lowest BCUT2D eigenvalue weighted by Crippen LogP contribution is -2.17. The van der Waals surface area contributed by atoms with Gasteiger partial charge in [0, 0.05) is 5.39 Å². The molecule has 0 radical (unpaired) electrons. The molecule has 0 spiro atoms. The summed E-state index contributed by atoms with van der Waals surface area (Å²) < 4.78 is 40.6. The second kappa shape index (κ2) is 7.65. The van der Waals surface area contributed by atoms with Gasteiger partial charge < -0.3 is 9.88 Å². The maximum absolute atomic E-state index is 13.2. The van der Waals surface area contributed by atoms with Crippen LogP contribution in [-0.2, 0) is 13.0 Å². The Kier molecular flexibility index (Phi) is 5.19. The number of hydrogen-bond donors (Lipinski definition) is 1. The number of rotatable bonds is 5. The minimum Gasteiger partial charge on any atom is -0.327 e. The highest BCUT2D eigenvalue weighted by molar-refractivity contribution is 6.34. The van der Waals surface area contributed by atoms with Crippen molar-refractivity contribution in [2.45, 2.75) is 19.1 Å². The van der Waals surface area contributed by atoms with Crippen LogP contribution in [0.5, 0.6) is 0 Å². The van der Waals surface area contributed by atoms with Crippen LogP contribution >= 0.6 is 11.6 Å². The van der Waals surface area contributed by atoms with Crippen molar-refractivity contribution in [3.63, 3.8) is 0 Å². The Morgan fingerprint density at radius 1 is 1.03 bits per heavy atom. The summed E-state index contributed by atoms with van der Waals surface area (Å²) in [7, 11) is 1.91. The van der Waals surface area contributed by atoms with Crippen molar-refractivity contribution >= 4 is 33.5 Å². The number of nitrogens with one attached hydrogen (secondary N) is 1. The van der Waals surface area contributed by atoms with E-state index in [4.69, 9.17) is 11.6 Å². The van der Waals surface area contributed by atoms with Crippen LogP contribution in [0.2, 0.25) is 5.15 Å². The highest BCUT2D eigenvalue weighted by atomic mass is 35.5. The molecule has 1 N–H and O–H groups in total. The number of fused-ring (bicyclic) bond motifs is 3. The Labute approximate surface area is 170 Å². The van der Waals surface area contributed by atoms with Gasteiger partial charge in [0.2, 0.25) is 0 Å². The van der Waals surface area contributed by atoms with Crippen LogP contribution in [-0.4, -0.2) is 34.3 Å². The van der Waals surface area contributed by atoms with Gasteiger partial charge in [-0.2, -0.15) is 13.2 Å². The molecular formula is C21H18ClF3N4. The third kappa shape index (κ3) is 3.93. The molecule has 0 saturated heterocycles. The lowest BCUT2D eigenvalue weighted by molar-refractivity contribution is -0.139. The molecule has 2 aromatic heterocycles. The molecule has 2 aromatic carbocycles. The predicted octanol–water partition coefficient (Wildman–Crippen LogP) is 5.23. The van der Waals surface area contributed by atoms with Gasteiger partial charge in [0.05, 0.1) is 5.52 Å². The molecule has 4 aromatic rings. The summed E-state index contributed by atoms with van der Waals surface area (Å²) in [5.41, 5.74) is 4.13. The van der Waals surface area contributed by atoms with E-state index in [0.29, 0.717) is 16.4 Å². The molecule has 0 fully saturated rings. The zero-order valence-electron chi connectivity index (χ0n) is 15.6. The third-order valence-electron chi connectivity index (χ3n) is 4.88. The Bertz CT molecular complexity index is 1170. The van der Waals surface area contributed by atoms with E-state index in [1.54, 1.807) is 6.07 Å². The Hall–Kier alpha value is -2.64. The van der Waals surface area contributed by atoms with Gasteiger partial charge in [-0.15, -0.1) is 0 Å². The van der Waals surface area contributed by atoms with Gasteiger partial charge in [0.25, 0.3) is 0 Å². The van der Waals surface area contributed by atoms with E-state index in [9.17, 15) is 13.2 Å². The average Bonchev–Trinajstić information content (AvgIpc) is 3.00. The molecule has 29 heavy (non-hydrogen) atoms. The monoisotopic (exact) mass is 418 g/mol. The summed E-state index contributed by atoms with van der Waals surface area (Å²) in [4.78, 5) is 8.08. The fraction of sp³-hybridized carbons (Fsp3) is 0.238. The number of hydrogen-bond acceptors (Lipinski definition) is 3. The van der Waals surface area contributed by atoms with Crippen molar-refractivity contribution in [2.24, 2.45) is 0 Å².